The zero-order valence-electron chi connectivity index (χ0n) is 11.9. The van der Waals surface area contributed by atoms with Crippen LogP contribution in [0.3, 0.4) is 0 Å². The van der Waals surface area contributed by atoms with E-state index in [1.165, 1.54) is 17.7 Å². The minimum atomic E-state index is -0.0172. The average Bonchev–Trinajstić information content (AvgIpc) is 3.04. The molecular formula is C16H17IN2OS. The van der Waals surface area contributed by atoms with Crippen LogP contribution in [0.1, 0.15) is 37.3 Å². The van der Waals surface area contributed by atoms with Crippen molar-refractivity contribution in [3.05, 3.63) is 43.9 Å². The fourth-order valence-electron chi connectivity index (χ4n) is 2.83. The maximum Gasteiger partial charge on any atom is 0.264 e. The second-order valence-corrected chi connectivity index (χ2v) is 7.28. The van der Waals surface area contributed by atoms with Gasteiger partial charge < -0.3 is 4.98 Å². The predicted octanol–water partition coefficient (Wildman–Crippen LogP) is 4.42. The van der Waals surface area contributed by atoms with Gasteiger partial charge in [0.2, 0.25) is 0 Å². The van der Waals surface area contributed by atoms with E-state index in [-0.39, 0.29) is 5.56 Å². The first kappa shape index (κ1) is 15.1. The maximum absolute atomic E-state index is 12.2. The van der Waals surface area contributed by atoms with Crippen molar-refractivity contribution in [2.45, 2.75) is 36.5 Å². The van der Waals surface area contributed by atoms with Crippen molar-refractivity contribution in [2.24, 2.45) is 0 Å². The molecule has 1 aliphatic carbocycles. The second-order valence-electron chi connectivity index (χ2n) is 5.32. The molecule has 0 amide bonds. The number of H-pyrrole nitrogens is 1. The number of hydrogen-bond donors (Lipinski definition) is 1. The minimum Gasteiger partial charge on any atom is -0.306 e. The number of aromatic nitrogens is 2. The molecule has 0 aliphatic heterocycles. The largest absolute Gasteiger partial charge is 0.306 e. The highest BCUT2D eigenvalue weighted by atomic mass is 127. The molecule has 0 saturated heterocycles. The Morgan fingerprint density at radius 3 is 2.52 bits per heavy atom. The minimum absolute atomic E-state index is 0.0172. The predicted molar refractivity (Wildman–Crippen MR) is 96.0 cm³/mol. The summed E-state index contributed by atoms with van der Waals surface area (Å²) in [7, 11) is 0. The Balaban J connectivity index is 2.03. The van der Waals surface area contributed by atoms with Crippen LogP contribution >= 0.6 is 34.4 Å². The van der Waals surface area contributed by atoms with Gasteiger partial charge in [-0.2, -0.15) is 0 Å². The van der Waals surface area contributed by atoms with Crippen LogP contribution in [0, 0.1) is 3.57 Å². The average molecular weight is 412 g/mol. The van der Waals surface area contributed by atoms with Crippen LogP contribution in [0.4, 0.5) is 0 Å². The van der Waals surface area contributed by atoms with Gasteiger partial charge in [0.05, 0.1) is 9.26 Å². The molecule has 3 nitrogen and oxygen atoms in total. The molecule has 1 N–H and O–H groups in total. The van der Waals surface area contributed by atoms with Gasteiger partial charge in [0.15, 0.2) is 0 Å². The molecule has 110 valence electrons. The normalized spacial score (nSPS) is 15.5. The van der Waals surface area contributed by atoms with E-state index in [9.17, 15) is 4.79 Å². The highest BCUT2D eigenvalue weighted by Crippen LogP contribution is 2.35. The SMILES string of the molecule is CSc1ccc(-c2nc(C3CCCC3)c(I)c(=O)[nH]2)cc1. The second kappa shape index (κ2) is 6.52. The van der Waals surface area contributed by atoms with E-state index >= 15 is 0 Å². The van der Waals surface area contributed by atoms with Crippen LogP contribution in [-0.2, 0) is 0 Å². The third-order valence-corrected chi connectivity index (χ3v) is 5.78. The molecule has 0 bridgehead atoms. The van der Waals surface area contributed by atoms with Gasteiger partial charge in [-0.3, -0.25) is 4.79 Å². The number of benzene rings is 1. The Hall–Kier alpha value is -0.820. The van der Waals surface area contributed by atoms with Crippen LogP contribution in [0.5, 0.6) is 0 Å². The molecule has 21 heavy (non-hydrogen) atoms. The number of thioether (sulfide) groups is 1. The first-order chi connectivity index (χ1) is 10.2. The molecule has 5 heteroatoms. The van der Waals surface area contributed by atoms with E-state index < -0.39 is 0 Å². The summed E-state index contributed by atoms with van der Waals surface area (Å²) >= 11 is 3.84. The van der Waals surface area contributed by atoms with Gasteiger partial charge >= 0.3 is 0 Å². The molecule has 3 rings (SSSR count). The van der Waals surface area contributed by atoms with Crippen molar-refractivity contribution in [2.75, 3.05) is 6.26 Å². The van der Waals surface area contributed by atoms with Crippen molar-refractivity contribution >= 4 is 34.4 Å². The molecule has 1 aromatic heterocycles. The monoisotopic (exact) mass is 412 g/mol. The number of rotatable bonds is 3. The van der Waals surface area contributed by atoms with E-state index in [1.807, 2.05) is 12.1 Å². The maximum atomic E-state index is 12.2. The topological polar surface area (TPSA) is 45.8 Å². The molecule has 0 spiro atoms. The Bertz CT molecular complexity index is 690. The highest BCUT2D eigenvalue weighted by molar-refractivity contribution is 14.1. The Labute approximate surface area is 142 Å². The molecule has 1 heterocycles. The van der Waals surface area contributed by atoms with E-state index in [2.05, 4.69) is 46.0 Å². The Kier molecular flexibility index (Phi) is 4.69. The Morgan fingerprint density at radius 1 is 1.24 bits per heavy atom. The third-order valence-electron chi connectivity index (χ3n) is 3.99. The fourth-order valence-corrected chi connectivity index (χ4v) is 3.94. The summed E-state index contributed by atoms with van der Waals surface area (Å²) in [6.07, 6.45) is 6.84. The summed E-state index contributed by atoms with van der Waals surface area (Å²) in [6.45, 7) is 0. The highest BCUT2D eigenvalue weighted by Gasteiger charge is 2.23. The zero-order chi connectivity index (χ0) is 14.8. The number of hydrogen-bond acceptors (Lipinski definition) is 3. The van der Waals surface area contributed by atoms with Crippen molar-refractivity contribution in [1.29, 1.82) is 0 Å². The first-order valence-corrected chi connectivity index (χ1v) is 9.43. The number of nitrogens with one attached hydrogen (secondary N) is 1. The lowest BCUT2D eigenvalue weighted by atomic mass is 10.0. The van der Waals surface area contributed by atoms with Gasteiger partial charge in [0.25, 0.3) is 5.56 Å². The summed E-state index contributed by atoms with van der Waals surface area (Å²) in [6, 6.07) is 8.17. The van der Waals surface area contributed by atoms with E-state index in [1.54, 1.807) is 11.8 Å². The van der Waals surface area contributed by atoms with Gasteiger partial charge in [-0.15, -0.1) is 11.8 Å². The van der Waals surface area contributed by atoms with Crippen molar-refractivity contribution in [3.63, 3.8) is 0 Å². The van der Waals surface area contributed by atoms with Crippen LogP contribution in [0.2, 0.25) is 0 Å². The van der Waals surface area contributed by atoms with Crippen molar-refractivity contribution in [3.8, 4) is 11.4 Å². The summed E-state index contributed by atoms with van der Waals surface area (Å²) in [5.74, 6) is 1.14. The quantitative estimate of drug-likeness (QED) is 0.600. The van der Waals surface area contributed by atoms with Crippen LogP contribution in [0.15, 0.2) is 34.0 Å². The van der Waals surface area contributed by atoms with Gasteiger partial charge in [-0.05, 0) is 53.8 Å². The molecule has 1 saturated carbocycles. The van der Waals surface area contributed by atoms with Crippen molar-refractivity contribution < 1.29 is 0 Å². The standard InChI is InChI=1S/C16H17IN2OS/c1-21-12-8-6-11(7-9-12)15-18-14(10-4-2-3-5-10)13(17)16(20)19-15/h6-10H,2-5H2,1H3,(H,18,19,20). The molecule has 1 aromatic carbocycles. The van der Waals surface area contributed by atoms with Gasteiger partial charge in [0.1, 0.15) is 5.82 Å². The van der Waals surface area contributed by atoms with Crippen LogP contribution in [0.25, 0.3) is 11.4 Å². The van der Waals surface area contributed by atoms with Crippen LogP contribution < -0.4 is 5.56 Å². The molecule has 0 unspecified atom stereocenters. The summed E-state index contributed by atoms with van der Waals surface area (Å²) in [4.78, 5) is 21.1. The van der Waals surface area contributed by atoms with Crippen LogP contribution in [-0.4, -0.2) is 16.2 Å². The lowest BCUT2D eigenvalue weighted by Gasteiger charge is -2.12. The fraction of sp³-hybridized carbons (Fsp3) is 0.375. The third kappa shape index (κ3) is 3.18. The van der Waals surface area contributed by atoms with Gasteiger partial charge in [0, 0.05) is 16.4 Å². The summed E-state index contributed by atoms with van der Waals surface area (Å²) < 4.78 is 0.754. The lowest BCUT2D eigenvalue weighted by Crippen LogP contribution is -2.17. The lowest BCUT2D eigenvalue weighted by molar-refractivity contribution is 0.687. The summed E-state index contributed by atoms with van der Waals surface area (Å²) in [5, 5.41) is 0. The molecule has 0 atom stereocenters. The van der Waals surface area contributed by atoms with E-state index in [0.29, 0.717) is 11.7 Å². The van der Waals surface area contributed by atoms with Gasteiger partial charge in [-0.25, -0.2) is 4.98 Å². The van der Waals surface area contributed by atoms with E-state index in [4.69, 9.17) is 4.98 Å². The first-order valence-electron chi connectivity index (χ1n) is 7.13. The molecule has 1 aliphatic rings. The number of aromatic amines is 1. The summed E-state index contributed by atoms with van der Waals surface area (Å²) in [5.41, 5.74) is 1.94. The van der Waals surface area contributed by atoms with Gasteiger partial charge in [-0.1, -0.05) is 25.0 Å². The molecular weight excluding hydrogens is 395 g/mol. The molecule has 1 fully saturated rings. The zero-order valence-corrected chi connectivity index (χ0v) is 14.8. The number of halogens is 1. The smallest absolute Gasteiger partial charge is 0.264 e. The molecule has 2 aromatic rings. The Morgan fingerprint density at radius 2 is 1.90 bits per heavy atom. The molecule has 0 radical (unpaired) electrons. The number of nitrogens with zero attached hydrogens (tertiary/aromatic N) is 1. The van der Waals surface area contributed by atoms with Crippen molar-refractivity contribution in [1.82, 2.24) is 9.97 Å². The van der Waals surface area contributed by atoms with E-state index in [0.717, 1.165) is 27.7 Å².